The summed E-state index contributed by atoms with van der Waals surface area (Å²) in [7, 11) is 0. The van der Waals surface area contributed by atoms with Crippen LogP contribution in [0.3, 0.4) is 0 Å². The van der Waals surface area contributed by atoms with E-state index in [-0.39, 0.29) is 36.6 Å². The van der Waals surface area contributed by atoms with Gasteiger partial charge in [0.1, 0.15) is 17.2 Å². The average molecular weight is 545 g/mol. The molecular formula is C29H35F3N4O3. The Kier molecular flexibility index (Phi) is 8.11. The van der Waals surface area contributed by atoms with Crippen molar-refractivity contribution in [3.8, 4) is 0 Å². The standard InChI is InChI=1S/C29H35F3N4O3/c1-19-12-24(30)23(25(31)13-19)17-35-10-7-29(8-11-35)18-36(28(38)39-29)16-20-2-4-22(5-3-20)27(37)34-15-21-6-9-33-26(32)14-21/h6,9,12-14,20,22H,2-5,7-8,10-11,15-18H2,1H3,(H,34,37). The number of halogens is 3. The number of hydrogen-bond donors (Lipinski definition) is 1. The summed E-state index contributed by atoms with van der Waals surface area (Å²) in [6, 6.07) is 5.69. The van der Waals surface area contributed by atoms with E-state index in [9.17, 15) is 22.8 Å². The Bertz CT molecular complexity index is 1190. The number of piperidine rings is 1. The molecule has 2 saturated heterocycles. The van der Waals surface area contributed by atoms with Crippen molar-refractivity contribution in [1.82, 2.24) is 20.1 Å². The summed E-state index contributed by atoms with van der Waals surface area (Å²) >= 11 is 0. The molecule has 5 rings (SSSR count). The van der Waals surface area contributed by atoms with E-state index in [4.69, 9.17) is 4.74 Å². The van der Waals surface area contributed by atoms with Gasteiger partial charge >= 0.3 is 6.09 Å². The third-order valence-corrected chi connectivity index (χ3v) is 8.43. The summed E-state index contributed by atoms with van der Waals surface area (Å²) in [6.45, 7) is 4.46. The third-order valence-electron chi connectivity index (χ3n) is 8.43. The Morgan fingerprint density at radius 2 is 1.79 bits per heavy atom. The van der Waals surface area contributed by atoms with Crippen molar-refractivity contribution < 1.29 is 27.5 Å². The highest BCUT2D eigenvalue weighted by atomic mass is 19.1. The predicted octanol–water partition coefficient (Wildman–Crippen LogP) is 4.72. The number of benzene rings is 1. The number of aryl methyl sites for hydroxylation is 1. The lowest BCUT2D eigenvalue weighted by Crippen LogP contribution is -2.47. The van der Waals surface area contributed by atoms with Crippen molar-refractivity contribution >= 4 is 12.0 Å². The molecular weight excluding hydrogens is 509 g/mol. The molecule has 2 amide bonds. The number of nitrogens with one attached hydrogen (secondary N) is 1. The van der Waals surface area contributed by atoms with Crippen LogP contribution in [0.25, 0.3) is 0 Å². The first kappa shape index (κ1) is 27.4. The average Bonchev–Trinajstić information content (AvgIpc) is 3.20. The number of ether oxygens (including phenoxy) is 1. The second-order valence-electron chi connectivity index (χ2n) is 11.3. The van der Waals surface area contributed by atoms with Gasteiger partial charge in [-0.2, -0.15) is 4.39 Å². The summed E-state index contributed by atoms with van der Waals surface area (Å²) in [4.78, 5) is 32.7. The van der Waals surface area contributed by atoms with Gasteiger partial charge in [-0.15, -0.1) is 0 Å². The highest BCUT2D eigenvalue weighted by molar-refractivity contribution is 5.78. The van der Waals surface area contributed by atoms with Crippen LogP contribution in [-0.4, -0.2) is 58.6 Å². The van der Waals surface area contributed by atoms with Crippen LogP contribution in [0.5, 0.6) is 0 Å². The summed E-state index contributed by atoms with van der Waals surface area (Å²) in [6.07, 6.45) is 5.51. The van der Waals surface area contributed by atoms with Crippen molar-refractivity contribution in [3.05, 3.63) is 64.7 Å². The number of amides is 2. The fourth-order valence-electron chi connectivity index (χ4n) is 6.12. The zero-order valence-corrected chi connectivity index (χ0v) is 22.2. The first-order chi connectivity index (χ1) is 18.7. The molecule has 210 valence electrons. The van der Waals surface area contributed by atoms with Gasteiger partial charge in [0.2, 0.25) is 11.9 Å². The van der Waals surface area contributed by atoms with Crippen molar-refractivity contribution in [2.24, 2.45) is 11.8 Å². The number of aromatic nitrogens is 1. The van der Waals surface area contributed by atoms with Crippen LogP contribution in [0.2, 0.25) is 0 Å². The molecule has 0 unspecified atom stereocenters. The van der Waals surface area contributed by atoms with E-state index in [0.29, 0.717) is 56.1 Å². The van der Waals surface area contributed by atoms with E-state index in [1.165, 1.54) is 24.4 Å². The molecule has 1 aromatic heterocycles. The zero-order valence-electron chi connectivity index (χ0n) is 22.2. The molecule has 2 aliphatic heterocycles. The minimum absolute atomic E-state index is 0.0256. The van der Waals surface area contributed by atoms with Crippen LogP contribution in [0.4, 0.5) is 18.0 Å². The number of hydrogen-bond acceptors (Lipinski definition) is 5. The molecule has 1 spiro atoms. The molecule has 0 atom stereocenters. The third kappa shape index (κ3) is 6.54. The molecule has 3 heterocycles. The lowest BCUT2D eigenvalue weighted by Gasteiger charge is -2.37. The lowest BCUT2D eigenvalue weighted by molar-refractivity contribution is -0.126. The lowest BCUT2D eigenvalue weighted by atomic mass is 9.81. The van der Waals surface area contributed by atoms with E-state index >= 15 is 0 Å². The Hall–Kier alpha value is -3.14. The van der Waals surface area contributed by atoms with E-state index in [2.05, 4.69) is 10.3 Å². The molecule has 1 N–H and O–H groups in total. The van der Waals surface area contributed by atoms with Gasteiger partial charge in [0, 0.05) is 63.2 Å². The molecule has 39 heavy (non-hydrogen) atoms. The first-order valence-corrected chi connectivity index (χ1v) is 13.7. The minimum atomic E-state index is -0.567. The molecule has 2 aromatic rings. The summed E-state index contributed by atoms with van der Waals surface area (Å²) in [5, 5.41) is 2.89. The Morgan fingerprint density at radius 1 is 1.10 bits per heavy atom. The molecule has 10 heteroatoms. The second-order valence-corrected chi connectivity index (χ2v) is 11.3. The van der Waals surface area contributed by atoms with E-state index in [0.717, 1.165) is 25.7 Å². The van der Waals surface area contributed by atoms with Crippen molar-refractivity contribution in [2.45, 2.75) is 64.1 Å². The summed E-state index contributed by atoms with van der Waals surface area (Å²) < 4.78 is 47.7. The van der Waals surface area contributed by atoms with Gasteiger partial charge in [0.25, 0.3) is 0 Å². The van der Waals surface area contributed by atoms with Crippen LogP contribution in [-0.2, 0) is 22.6 Å². The molecule has 7 nitrogen and oxygen atoms in total. The van der Waals surface area contributed by atoms with E-state index in [1.807, 2.05) is 4.90 Å². The van der Waals surface area contributed by atoms with Gasteiger partial charge in [-0.25, -0.2) is 18.6 Å². The molecule has 0 bridgehead atoms. The Morgan fingerprint density at radius 3 is 2.46 bits per heavy atom. The van der Waals surface area contributed by atoms with Gasteiger partial charge in [-0.05, 0) is 73.9 Å². The number of carbonyl (C=O) groups excluding carboxylic acids is 2. The molecule has 1 aliphatic carbocycles. The number of nitrogens with zero attached hydrogens (tertiary/aromatic N) is 3. The maximum Gasteiger partial charge on any atom is 0.410 e. The molecule has 0 radical (unpaired) electrons. The number of rotatable bonds is 7. The summed E-state index contributed by atoms with van der Waals surface area (Å²) in [5.74, 6) is -1.42. The van der Waals surface area contributed by atoms with E-state index in [1.54, 1.807) is 17.9 Å². The molecule has 1 aromatic carbocycles. The topological polar surface area (TPSA) is 74.8 Å². The second kappa shape index (κ2) is 11.5. The van der Waals surface area contributed by atoms with Crippen molar-refractivity contribution in [3.63, 3.8) is 0 Å². The number of likely N-dealkylation sites (tertiary alicyclic amines) is 1. The van der Waals surface area contributed by atoms with Gasteiger partial charge in [0.05, 0.1) is 6.54 Å². The largest absolute Gasteiger partial charge is 0.441 e. The van der Waals surface area contributed by atoms with Crippen molar-refractivity contribution in [1.29, 1.82) is 0 Å². The normalized spacial score (nSPS) is 23.2. The highest BCUT2D eigenvalue weighted by Gasteiger charge is 2.47. The Balaban J connectivity index is 1.06. The highest BCUT2D eigenvalue weighted by Crippen LogP contribution is 2.36. The van der Waals surface area contributed by atoms with Gasteiger partial charge in [-0.3, -0.25) is 9.69 Å². The smallest absolute Gasteiger partial charge is 0.410 e. The fraction of sp³-hybridized carbons (Fsp3) is 0.552. The van der Waals surface area contributed by atoms with Crippen LogP contribution in [0.1, 0.15) is 55.2 Å². The minimum Gasteiger partial charge on any atom is -0.441 e. The number of carbonyl (C=O) groups is 2. The maximum absolute atomic E-state index is 14.3. The van der Waals surface area contributed by atoms with Crippen LogP contribution in [0, 0.1) is 36.3 Å². The van der Waals surface area contributed by atoms with E-state index < -0.39 is 23.2 Å². The molecule has 3 fully saturated rings. The fourth-order valence-corrected chi connectivity index (χ4v) is 6.12. The first-order valence-electron chi connectivity index (χ1n) is 13.7. The monoisotopic (exact) mass is 544 g/mol. The number of pyridine rings is 1. The van der Waals surface area contributed by atoms with Crippen LogP contribution in [0.15, 0.2) is 30.5 Å². The van der Waals surface area contributed by atoms with Gasteiger partial charge < -0.3 is 15.0 Å². The molecule has 3 aliphatic rings. The summed E-state index contributed by atoms with van der Waals surface area (Å²) in [5.41, 5.74) is 0.755. The predicted molar refractivity (Wildman–Crippen MR) is 138 cm³/mol. The van der Waals surface area contributed by atoms with Crippen molar-refractivity contribution in [2.75, 3.05) is 26.2 Å². The van der Waals surface area contributed by atoms with Crippen LogP contribution < -0.4 is 5.32 Å². The molecule has 1 saturated carbocycles. The zero-order chi connectivity index (χ0) is 27.6. The van der Waals surface area contributed by atoms with Gasteiger partial charge in [-0.1, -0.05) is 0 Å². The SMILES string of the molecule is Cc1cc(F)c(CN2CCC3(CC2)CN(CC2CCC(C(=O)NCc4ccnc(F)c4)CC2)C(=O)O3)c(F)c1. The quantitative estimate of drug-likeness (QED) is 0.511. The van der Waals surface area contributed by atoms with Gasteiger partial charge in [0.15, 0.2) is 0 Å². The maximum atomic E-state index is 14.3. The Labute approximate surface area is 226 Å². The van der Waals surface area contributed by atoms with Crippen LogP contribution >= 0.6 is 0 Å².